The molecule has 2 N–H and O–H groups in total. The van der Waals surface area contributed by atoms with E-state index in [9.17, 15) is 14.3 Å². The number of anilines is 1. The first-order valence-electron chi connectivity index (χ1n) is 7.27. The van der Waals surface area contributed by atoms with Gasteiger partial charge in [0.05, 0.1) is 17.2 Å². The van der Waals surface area contributed by atoms with Gasteiger partial charge >= 0.3 is 0 Å². The number of aliphatic hydroxyl groups is 1. The van der Waals surface area contributed by atoms with E-state index in [2.05, 4.69) is 5.32 Å². The van der Waals surface area contributed by atoms with E-state index in [1.165, 1.54) is 6.07 Å². The second kappa shape index (κ2) is 5.21. The molecule has 22 heavy (non-hydrogen) atoms. The Bertz CT molecular complexity index is 725. The predicted molar refractivity (Wildman–Crippen MR) is 83.2 cm³/mol. The monoisotopic (exact) mass is 299 g/mol. The van der Waals surface area contributed by atoms with Crippen LogP contribution in [-0.2, 0) is 16.6 Å². The van der Waals surface area contributed by atoms with E-state index in [1.807, 2.05) is 30.3 Å². The molecule has 0 bridgehead atoms. The van der Waals surface area contributed by atoms with Gasteiger partial charge in [0, 0.05) is 6.42 Å². The van der Waals surface area contributed by atoms with Crippen molar-refractivity contribution in [2.75, 3.05) is 5.32 Å². The summed E-state index contributed by atoms with van der Waals surface area (Å²) in [6.45, 7) is 3.50. The molecule has 1 unspecified atom stereocenters. The van der Waals surface area contributed by atoms with Gasteiger partial charge in [0.1, 0.15) is 5.82 Å². The van der Waals surface area contributed by atoms with Crippen molar-refractivity contribution < 1.29 is 14.3 Å². The summed E-state index contributed by atoms with van der Waals surface area (Å²) in [6.07, 6.45) is -0.408. The Morgan fingerprint density at radius 2 is 1.91 bits per heavy atom. The highest BCUT2D eigenvalue weighted by Gasteiger charge is 2.40. The highest BCUT2D eigenvalue weighted by atomic mass is 19.1. The summed E-state index contributed by atoms with van der Waals surface area (Å²) in [5.74, 6) is -0.727. The molecule has 0 saturated carbocycles. The zero-order valence-corrected chi connectivity index (χ0v) is 12.6. The van der Waals surface area contributed by atoms with Crippen molar-refractivity contribution in [2.24, 2.45) is 0 Å². The summed E-state index contributed by atoms with van der Waals surface area (Å²) < 4.78 is 14.2. The van der Waals surface area contributed by atoms with Crippen molar-refractivity contribution in [1.82, 2.24) is 0 Å². The standard InChI is InChI=1S/C18H18FNO2/c1-18(2)13-9-12(10-14(19)16(13)20-17(18)22)15(21)8-11-6-4-3-5-7-11/h3-7,9-10,15,21H,8H2,1-2H3,(H,20,22). The first-order chi connectivity index (χ1) is 10.4. The molecular formula is C18H18FNO2. The summed E-state index contributed by atoms with van der Waals surface area (Å²) in [6, 6.07) is 12.6. The molecule has 0 aromatic heterocycles. The van der Waals surface area contributed by atoms with Gasteiger partial charge in [0.25, 0.3) is 0 Å². The number of hydrogen-bond acceptors (Lipinski definition) is 2. The maximum atomic E-state index is 14.2. The Labute approximate surface area is 128 Å². The first-order valence-corrected chi connectivity index (χ1v) is 7.27. The van der Waals surface area contributed by atoms with Gasteiger partial charge in [-0.1, -0.05) is 30.3 Å². The van der Waals surface area contributed by atoms with Gasteiger partial charge in [-0.05, 0) is 42.7 Å². The number of amides is 1. The van der Waals surface area contributed by atoms with Crippen molar-refractivity contribution in [3.05, 3.63) is 65.0 Å². The summed E-state index contributed by atoms with van der Waals surface area (Å²) in [5, 5.41) is 13.0. The third-order valence-electron chi connectivity index (χ3n) is 4.25. The normalized spacial score (nSPS) is 17.0. The van der Waals surface area contributed by atoms with Gasteiger partial charge in [-0.2, -0.15) is 0 Å². The van der Waals surface area contributed by atoms with E-state index < -0.39 is 17.3 Å². The number of carbonyl (C=O) groups is 1. The lowest BCUT2D eigenvalue weighted by atomic mass is 9.84. The topological polar surface area (TPSA) is 49.3 Å². The van der Waals surface area contributed by atoms with Gasteiger partial charge in [0.15, 0.2) is 0 Å². The van der Waals surface area contributed by atoms with Crippen molar-refractivity contribution >= 4 is 11.6 Å². The Hall–Kier alpha value is -2.20. The van der Waals surface area contributed by atoms with Crippen molar-refractivity contribution in [1.29, 1.82) is 0 Å². The number of nitrogens with one attached hydrogen (secondary N) is 1. The van der Waals surface area contributed by atoms with Crippen molar-refractivity contribution in [3.63, 3.8) is 0 Å². The minimum atomic E-state index is -0.811. The molecule has 1 aliphatic heterocycles. The number of carbonyl (C=O) groups excluding carboxylic acids is 1. The Morgan fingerprint density at radius 1 is 1.23 bits per heavy atom. The molecule has 2 aromatic carbocycles. The van der Waals surface area contributed by atoms with Crippen LogP contribution in [0.2, 0.25) is 0 Å². The summed E-state index contributed by atoms with van der Waals surface area (Å²) >= 11 is 0. The van der Waals surface area contributed by atoms with Gasteiger partial charge in [-0.3, -0.25) is 4.79 Å². The molecule has 0 spiro atoms. The average Bonchev–Trinajstić information content (AvgIpc) is 2.71. The average molecular weight is 299 g/mol. The number of halogens is 1. The lowest BCUT2D eigenvalue weighted by molar-refractivity contribution is -0.119. The highest BCUT2D eigenvalue weighted by Crippen LogP contribution is 2.40. The predicted octanol–water partition coefficient (Wildman–Crippen LogP) is 3.33. The molecule has 1 atom stereocenters. The fourth-order valence-corrected chi connectivity index (χ4v) is 2.79. The van der Waals surface area contributed by atoms with Crippen LogP contribution in [-0.4, -0.2) is 11.0 Å². The first kappa shape index (κ1) is 14.7. The van der Waals surface area contributed by atoms with Crippen LogP contribution < -0.4 is 5.32 Å². The SMILES string of the molecule is CC1(C)C(=O)Nc2c(F)cc(C(O)Cc3ccccc3)cc21. The Morgan fingerprint density at radius 3 is 2.59 bits per heavy atom. The molecule has 2 aromatic rings. The van der Waals surface area contributed by atoms with E-state index in [0.717, 1.165) is 5.56 Å². The Balaban J connectivity index is 1.95. The van der Waals surface area contributed by atoms with E-state index in [-0.39, 0.29) is 11.6 Å². The lowest BCUT2D eigenvalue weighted by Gasteiger charge is -2.18. The maximum absolute atomic E-state index is 14.2. The quantitative estimate of drug-likeness (QED) is 0.913. The van der Waals surface area contributed by atoms with Crippen LogP contribution in [0.25, 0.3) is 0 Å². The molecule has 0 radical (unpaired) electrons. The second-order valence-corrected chi connectivity index (χ2v) is 6.21. The molecule has 1 aliphatic rings. The highest BCUT2D eigenvalue weighted by molar-refractivity contribution is 6.05. The van der Waals surface area contributed by atoms with Gasteiger partial charge in [0.2, 0.25) is 5.91 Å². The summed E-state index contributed by atoms with van der Waals surface area (Å²) in [7, 11) is 0. The lowest BCUT2D eigenvalue weighted by Crippen LogP contribution is -2.26. The molecule has 4 heteroatoms. The zero-order chi connectivity index (χ0) is 15.9. The van der Waals surface area contributed by atoms with Crippen LogP contribution in [0.15, 0.2) is 42.5 Å². The van der Waals surface area contributed by atoms with E-state index in [1.54, 1.807) is 19.9 Å². The minimum absolute atomic E-state index is 0.226. The molecule has 0 saturated heterocycles. The third-order valence-corrected chi connectivity index (χ3v) is 4.25. The maximum Gasteiger partial charge on any atom is 0.234 e. The van der Waals surface area contributed by atoms with E-state index in [4.69, 9.17) is 0 Å². The number of fused-ring (bicyclic) bond motifs is 1. The Kier molecular flexibility index (Phi) is 3.49. The number of hydrogen-bond donors (Lipinski definition) is 2. The molecule has 0 aliphatic carbocycles. The van der Waals surface area contributed by atoms with Crippen LogP contribution in [0, 0.1) is 5.82 Å². The van der Waals surface area contributed by atoms with Crippen molar-refractivity contribution in [2.45, 2.75) is 31.8 Å². The number of rotatable bonds is 3. The number of benzene rings is 2. The van der Waals surface area contributed by atoms with Crippen molar-refractivity contribution in [3.8, 4) is 0 Å². The number of aliphatic hydroxyl groups excluding tert-OH is 1. The smallest absolute Gasteiger partial charge is 0.234 e. The largest absolute Gasteiger partial charge is 0.388 e. The minimum Gasteiger partial charge on any atom is -0.388 e. The molecule has 114 valence electrons. The van der Waals surface area contributed by atoms with Crippen LogP contribution in [0.3, 0.4) is 0 Å². The summed E-state index contributed by atoms with van der Waals surface area (Å²) in [5.41, 5.74) is 1.50. The van der Waals surface area contributed by atoms with Gasteiger partial charge in [-0.25, -0.2) is 4.39 Å². The van der Waals surface area contributed by atoms with E-state index >= 15 is 0 Å². The zero-order valence-electron chi connectivity index (χ0n) is 12.6. The van der Waals surface area contributed by atoms with Crippen LogP contribution in [0.5, 0.6) is 0 Å². The fraction of sp³-hybridized carbons (Fsp3) is 0.278. The molecule has 1 amide bonds. The molecule has 1 heterocycles. The van der Waals surface area contributed by atoms with Gasteiger partial charge in [-0.15, -0.1) is 0 Å². The van der Waals surface area contributed by atoms with Gasteiger partial charge < -0.3 is 10.4 Å². The third kappa shape index (κ3) is 2.40. The second-order valence-electron chi connectivity index (χ2n) is 6.21. The van der Waals surface area contributed by atoms with Crippen LogP contribution >= 0.6 is 0 Å². The fourth-order valence-electron chi connectivity index (χ4n) is 2.79. The molecule has 3 nitrogen and oxygen atoms in total. The van der Waals surface area contributed by atoms with Crippen LogP contribution in [0.1, 0.15) is 36.6 Å². The van der Waals surface area contributed by atoms with E-state index in [0.29, 0.717) is 17.5 Å². The molecule has 3 rings (SSSR count). The summed E-state index contributed by atoms with van der Waals surface area (Å²) in [4.78, 5) is 11.9. The van der Waals surface area contributed by atoms with Crippen LogP contribution in [0.4, 0.5) is 10.1 Å². The molecule has 0 fully saturated rings. The molecular weight excluding hydrogens is 281 g/mol.